The van der Waals surface area contributed by atoms with Crippen LogP contribution in [0.2, 0.25) is 0 Å². The first-order chi connectivity index (χ1) is 12.7. The largest absolute Gasteiger partial charge is 0.416 e. The van der Waals surface area contributed by atoms with Gasteiger partial charge in [0, 0.05) is 36.9 Å². The van der Waals surface area contributed by atoms with Crippen molar-refractivity contribution in [3.05, 3.63) is 41.2 Å². The maximum atomic E-state index is 12.7. The van der Waals surface area contributed by atoms with Gasteiger partial charge < -0.3 is 16.0 Å². The standard InChI is InChI=1S/C18H22F3N5O/c1-11-15(10-26-8-6-14(7-9-26)24-17(22)27)25-16(23-11)12-2-4-13(5-3-12)18(19,20)21/h2-5,14H,6-10H2,1H3,(H,23,25)(H3,22,24,27). The number of imidazole rings is 1. The lowest BCUT2D eigenvalue weighted by Crippen LogP contribution is -2.46. The summed E-state index contributed by atoms with van der Waals surface area (Å²) in [4.78, 5) is 20.9. The minimum Gasteiger partial charge on any atom is -0.352 e. The number of benzene rings is 1. The molecule has 0 spiro atoms. The summed E-state index contributed by atoms with van der Waals surface area (Å²) in [5, 5.41) is 2.73. The Labute approximate surface area is 155 Å². The van der Waals surface area contributed by atoms with Crippen LogP contribution in [-0.4, -0.2) is 40.0 Å². The van der Waals surface area contributed by atoms with Crippen molar-refractivity contribution in [1.29, 1.82) is 0 Å². The molecule has 27 heavy (non-hydrogen) atoms. The molecule has 1 aliphatic heterocycles. The second-order valence-electron chi connectivity index (χ2n) is 6.79. The van der Waals surface area contributed by atoms with Crippen LogP contribution in [0.3, 0.4) is 0 Å². The van der Waals surface area contributed by atoms with E-state index >= 15 is 0 Å². The average Bonchev–Trinajstić information content (AvgIpc) is 2.96. The summed E-state index contributed by atoms with van der Waals surface area (Å²) < 4.78 is 38.1. The number of alkyl halides is 3. The summed E-state index contributed by atoms with van der Waals surface area (Å²) in [6.07, 6.45) is -2.71. The summed E-state index contributed by atoms with van der Waals surface area (Å²) in [5.74, 6) is 0.557. The molecule has 9 heteroatoms. The fraction of sp³-hybridized carbons (Fsp3) is 0.444. The molecule has 0 aliphatic carbocycles. The number of urea groups is 1. The van der Waals surface area contributed by atoms with Crippen LogP contribution in [0, 0.1) is 6.92 Å². The molecule has 146 valence electrons. The second-order valence-corrected chi connectivity index (χ2v) is 6.79. The lowest BCUT2D eigenvalue weighted by molar-refractivity contribution is -0.137. The van der Waals surface area contributed by atoms with Gasteiger partial charge in [0.25, 0.3) is 0 Å². The molecule has 0 radical (unpaired) electrons. The van der Waals surface area contributed by atoms with Crippen molar-refractivity contribution in [2.24, 2.45) is 5.73 Å². The van der Waals surface area contributed by atoms with Gasteiger partial charge in [-0.15, -0.1) is 0 Å². The number of nitrogens with two attached hydrogens (primary N) is 1. The zero-order valence-electron chi connectivity index (χ0n) is 14.9. The Balaban J connectivity index is 1.64. The number of carbonyl (C=O) groups excluding carboxylic acids is 1. The highest BCUT2D eigenvalue weighted by Crippen LogP contribution is 2.30. The molecular formula is C18H22F3N5O. The van der Waals surface area contributed by atoms with Gasteiger partial charge in [-0.05, 0) is 31.9 Å². The summed E-state index contributed by atoms with van der Waals surface area (Å²) >= 11 is 0. The second kappa shape index (κ2) is 7.59. The molecule has 0 bridgehead atoms. The first kappa shape index (κ1) is 19.2. The van der Waals surface area contributed by atoms with Gasteiger partial charge in [0.05, 0.1) is 11.3 Å². The smallest absolute Gasteiger partial charge is 0.352 e. The molecule has 3 rings (SSSR count). The first-order valence-electron chi connectivity index (χ1n) is 8.74. The number of nitrogens with zero attached hydrogens (tertiary/aromatic N) is 2. The number of hydrogen-bond donors (Lipinski definition) is 3. The van der Waals surface area contributed by atoms with E-state index in [0.717, 1.165) is 49.5 Å². The zero-order valence-corrected chi connectivity index (χ0v) is 14.9. The van der Waals surface area contributed by atoms with Crippen LogP contribution >= 0.6 is 0 Å². The van der Waals surface area contributed by atoms with Gasteiger partial charge in [0.2, 0.25) is 0 Å². The van der Waals surface area contributed by atoms with Crippen molar-refractivity contribution in [3.8, 4) is 11.4 Å². The van der Waals surface area contributed by atoms with Crippen LogP contribution in [-0.2, 0) is 12.7 Å². The van der Waals surface area contributed by atoms with Crippen LogP contribution in [0.4, 0.5) is 18.0 Å². The van der Waals surface area contributed by atoms with Gasteiger partial charge in [-0.2, -0.15) is 13.2 Å². The normalized spacial score (nSPS) is 16.4. The molecule has 4 N–H and O–H groups in total. The SMILES string of the molecule is Cc1[nH]c(-c2ccc(C(F)(F)F)cc2)nc1CN1CCC(NC(N)=O)CC1. The molecule has 2 aromatic rings. The van der Waals surface area contributed by atoms with Crippen LogP contribution in [0.5, 0.6) is 0 Å². The van der Waals surface area contributed by atoms with E-state index in [1.165, 1.54) is 12.1 Å². The predicted octanol–water partition coefficient (Wildman–Crippen LogP) is 3.04. The van der Waals surface area contributed by atoms with E-state index in [1.54, 1.807) is 0 Å². The Morgan fingerprint density at radius 3 is 2.48 bits per heavy atom. The number of aryl methyl sites for hydroxylation is 1. The van der Waals surface area contributed by atoms with Gasteiger partial charge in [-0.3, -0.25) is 4.90 Å². The molecule has 6 nitrogen and oxygen atoms in total. The topological polar surface area (TPSA) is 87.0 Å². The highest BCUT2D eigenvalue weighted by Gasteiger charge is 2.30. The van der Waals surface area contributed by atoms with E-state index in [0.29, 0.717) is 17.9 Å². The number of hydrogen-bond acceptors (Lipinski definition) is 3. The molecule has 2 amide bonds. The van der Waals surface area contributed by atoms with Crippen molar-refractivity contribution in [2.45, 2.75) is 38.5 Å². The van der Waals surface area contributed by atoms with Crippen LogP contribution in [0.1, 0.15) is 29.8 Å². The molecule has 2 heterocycles. The maximum Gasteiger partial charge on any atom is 0.416 e. The molecule has 1 fully saturated rings. The van der Waals surface area contributed by atoms with E-state index in [1.807, 2.05) is 6.92 Å². The number of aromatic nitrogens is 2. The predicted molar refractivity (Wildman–Crippen MR) is 94.8 cm³/mol. The average molecular weight is 381 g/mol. The fourth-order valence-corrected chi connectivity index (χ4v) is 3.25. The third kappa shape index (κ3) is 4.79. The molecule has 1 aromatic carbocycles. The minimum atomic E-state index is -4.35. The molecule has 0 saturated carbocycles. The number of H-pyrrole nitrogens is 1. The molecule has 1 aromatic heterocycles. The third-order valence-electron chi connectivity index (χ3n) is 4.78. The summed E-state index contributed by atoms with van der Waals surface area (Å²) in [5.41, 5.74) is 6.84. The quantitative estimate of drug-likeness (QED) is 0.761. The minimum absolute atomic E-state index is 0.0988. The Hall–Kier alpha value is -2.55. The lowest BCUT2D eigenvalue weighted by Gasteiger charge is -2.31. The number of piperidine rings is 1. The van der Waals surface area contributed by atoms with Gasteiger partial charge in [-0.25, -0.2) is 9.78 Å². The van der Waals surface area contributed by atoms with Gasteiger partial charge >= 0.3 is 12.2 Å². The van der Waals surface area contributed by atoms with Crippen LogP contribution in [0.25, 0.3) is 11.4 Å². The number of halogens is 3. The van der Waals surface area contributed by atoms with Gasteiger partial charge in [-0.1, -0.05) is 12.1 Å². The number of aromatic amines is 1. The highest BCUT2D eigenvalue weighted by atomic mass is 19.4. The number of nitrogens with one attached hydrogen (secondary N) is 2. The lowest BCUT2D eigenvalue weighted by atomic mass is 10.1. The Bertz CT molecular complexity index is 792. The van der Waals surface area contributed by atoms with Crippen molar-refractivity contribution < 1.29 is 18.0 Å². The van der Waals surface area contributed by atoms with Gasteiger partial charge in [0.1, 0.15) is 5.82 Å². The van der Waals surface area contributed by atoms with Crippen LogP contribution in [0.15, 0.2) is 24.3 Å². The van der Waals surface area contributed by atoms with Crippen molar-refractivity contribution in [2.75, 3.05) is 13.1 Å². The molecule has 1 aliphatic rings. The Morgan fingerprint density at radius 1 is 1.30 bits per heavy atom. The van der Waals surface area contributed by atoms with E-state index < -0.39 is 17.8 Å². The summed E-state index contributed by atoms with van der Waals surface area (Å²) in [6, 6.07) is 4.56. The number of likely N-dealkylation sites (tertiary alicyclic amines) is 1. The molecule has 0 unspecified atom stereocenters. The molecule has 1 saturated heterocycles. The van der Waals surface area contributed by atoms with E-state index in [4.69, 9.17) is 5.73 Å². The summed E-state index contributed by atoms with van der Waals surface area (Å²) in [7, 11) is 0. The van der Waals surface area contributed by atoms with Crippen molar-refractivity contribution in [3.63, 3.8) is 0 Å². The Morgan fingerprint density at radius 2 is 1.93 bits per heavy atom. The number of primary amides is 1. The monoisotopic (exact) mass is 381 g/mol. The number of amides is 2. The van der Waals surface area contributed by atoms with Gasteiger partial charge in [0.15, 0.2) is 0 Å². The maximum absolute atomic E-state index is 12.7. The van der Waals surface area contributed by atoms with Crippen molar-refractivity contribution >= 4 is 6.03 Å². The number of carbonyl (C=O) groups is 1. The van der Waals surface area contributed by atoms with E-state index in [2.05, 4.69) is 20.2 Å². The zero-order chi connectivity index (χ0) is 19.6. The fourth-order valence-electron chi connectivity index (χ4n) is 3.25. The van der Waals surface area contributed by atoms with Crippen molar-refractivity contribution in [1.82, 2.24) is 20.2 Å². The number of rotatable bonds is 4. The van der Waals surface area contributed by atoms with Crippen LogP contribution < -0.4 is 11.1 Å². The first-order valence-corrected chi connectivity index (χ1v) is 8.74. The molecular weight excluding hydrogens is 359 g/mol. The third-order valence-corrected chi connectivity index (χ3v) is 4.78. The Kier molecular flexibility index (Phi) is 5.41. The molecule has 0 atom stereocenters. The summed E-state index contributed by atoms with van der Waals surface area (Å²) in [6.45, 7) is 4.17. The highest BCUT2D eigenvalue weighted by molar-refractivity contribution is 5.71. The van der Waals surface area contributed by atoms with E-state index in [9.17, 15) is 18.0 Å². The van der Waals surface area contributed by atoms with E-state index in [-0.39, 0.29) is 6.04 Å².